The van der Waals surface area contributed by atoms with Crippen LogP contribution in [0.15, 0.2) is 34.9 Å². The quantitative estimate of drug-likeness (QED) is 0.941. The van der Waals surface area contributed by atoms with Crippen LogP contribution in [0.2, 0.25) is 0 Å². The summed E-state index contributed by atoms with van der Waals surface area (Å²) in [4.78, 5) is 8.80. The Morgan fingerprint density at radius 1 is 1.39 bits per heavy atom. The van der Waals surface area contributed by atoms with Crippen LogP contribution in [0, 0.1) is 0 Å². The minimum absolute atomic E-state index is 0.674. The first-order valence-electron chi connectivity index (χ1n) is 5.65. The Bertz CT molecular complexity index is 546. The van der Waals surface area contributed by atoms with E-state index in [1.54, 1.807) is 13.3 Å². The fourth-order valence-corrected chi connectivity index (χ4v) is 1.89. The van der Waals surface area contributed by atoms with E-state index in [4.69, 9.17) is 4.74 Å². The van der Waals surface area contributed by atoms with Gasteiger partial charge in [0.2, 0.25) is 0 Å². The van der Waals surface area contributed by atoms with Crippen LogP contribution in [0.5, 0.6) is 5.75 Å². The molecule has 5 heteroatoms. The lowest BCUT2D eigenvalue weighted by Gasteiger charge is -2.08. The third-order valence-electron chi connectivity index (χ3n) is 2.42. The number of hydrogen-bond donors (Lipinski definition) is 1. The van der Waals surface area contributed by atoms with Crippen LogP contribution < -0.4 is 10.1 Å². The van der Waals surface area contributed by atoms with Crippen molar-refractivity contribution >= 4 is 21.7 Å². The number of nitrogens with zero attached hydrogens (tertiary/aromatic N) is 2. The number of rotatable bonds is 4. The maximum Gasteiger partial charge on any atom is 0.161 e. The van der Waals surface area contributed by atoms with Crippen molar-refractivity contribution in [3.05, 3.63) is 34.9 Å². The van der Waals surface area contributed by atoms with Crippen molar-refractivity contribution in [3.63, 3.8) is 0 Å². The second-order valence-electron chi connectivity index (χ2n) is 3.65. The molecule has 94 valence electrons. The Morgan fingerprint density at radius 2 is 2.22 bits per heavy atom. The van der Waals surface area contributed by atoms with E-state index in [0.717, 1.165) is 28.1 Å². The van der Waals surface area contributed by atoms with Crippen molar-refractivity contribution in [2.45, 2.75) is 6.92 Å². The van der Waals surface area contributed by atoms with Gasteiger partial charge >= 0.3 is 0 Å². The molecule has 1 aromatic heterocycles. The zero-order valence-electron chi connectivity index (χ0n) is 10.3. The smallest absolute Gasteiger partial charge is 0.161 e. The highest BCUT2D eigenvalue weighted by molar-refractivity contribution is 9.10. The SMILES string of the molecule is CCNc1nc(-c2cccc(OC)c2)ncc1Br. The molecular weight excluding hydrogens is 294 g/mol. The maximum atomic E-state index is 5.20. The van der Waals surface area contributed by atoms with E-state index in [1.165, 1.54) is 0 Å². The van der Waals surface area contributed by atoms with Gasteiger partial charge in [0.15, 0.2) is 5.82 Å². The highest BCUT2D eigenvalue weighted by Crippen LogP contribution is 2.25. The molecule has 1 N–H and O–H groups in total. The van der Waals surface area contributed by atoms with Crippen molar-refractivity contribution < 1.29 is 4.74 Å². The summed E-state index contributed by atoms with van der Waals surface area (Å²) in [7, 11) is 1.64. The van der Waals surface area contributed by atoms with E-state index in [9.17, 15) is 0 Å². The maximum absolute atomic E-state index is 5.20. The Hall–Kier alpha value is -1.62. The highest BCUT2D eigenvalue weighted by atomic mass is 79.9. The molecule has 0 bridgehead atoms. The molecule has 0 radical (unpaired) electrons. The predicted molar refractivity (Wildman–Crippen MR) is 75.9 cm³/mol. The number of benzene rings is 1. The molecule has 4 nitrogen and oxygen atoms in total. The first-order valence-corrected chi connectivity index (χ1v) is 6.44. The summed E-state index contributed by atoms with van der Waals surface area (Å²) in [6.45, 7) is 2.84. The summed E-state index contributed by atoms with van der Waals surface area (Å²) in [5.74, 6) is 2.27. The summed E-state index contributed by atoms with van der Waals surface area (Å²) in [6.07, 6.45) is 1.75. The molecule has 18 heavy (non-hydrogen) atoms. The monoisotopic (exact) mass is 307 g/mol. The first-order chi connectivity index (χ1) is 8.74. The molecule has 0 atom stereocenters. The minimum atomic E-state index is 0.674. The largest absolute Gasteiger partial charge is 0.497 e. The molecule has 2 aromatic rings. The number of nitrogens with one attached hydrogen (secondary N) is 1. The number of methoxy groups -OCH3 is 1. The van der Waals surface area contributed by atoms with Gasteiger partial charge < -0.3 is 10.1 Å². The molecule has 0 spiro atoms. The first kappa shape index (κ1) is 12.8. The third kappa shape index (κ3) is 2.79. The molecule has 0 aliphatic heterocycles. The van der Waals surface area contributed by atoms with Gasteiger partial charge in [-0.25, -0.2) is 9.97 Å². The van der Waals surface area contributed by atoms with Crippen LogP contribution in [-0.2, 0) is 0 Å². The molecule has 0 unspecified atom stereocenters. The van der Waals surface area contributed by atoms with Gasteiger partial charge in [0.1, 0.15) is 11.6 Å². The molecule has 0 aliphatic carbocycles. The number of anilines is 1. The Morgan fingerprint density at radius 3 is 2.94 bits per heavy atom. The zero-order valence-corrected chi connectivity index (χ0v) is 11.9. The summed E-state index contributed by atoms with van der Waals surface area (Å²) in [5, 5.41) is 3.19. The van der Waals surface area contributed by atoms with Crippen molar-refractivity contribution in [2.75, 3.05) is 19.0 Å². The van der Waals surface area contributed by atoms with Crippen LogP contribution in [0.4, 0.5) is 5.82 Å². The predicted octanol–water partition coefficient (Wildman–Crippen LogP) is 3.35. The summed E-state index contributed by atoms with van der Waals surface area (Å²) in [6, 6.07) is 7.69. The van der Waals surface area contributed by atoms with E-state index < -0.39 is 0 Å². The van der Waals surface area contributed by atoms with Crippen LogP contribution in [0.3, 0.4) is 0 Å². The lowest BCUT2D eigenvalue weighted by Crippen LogP contribution is -2.02. The lowest BCUT2D eigenvalue weighted by molar-refractivity contribution is 0.415. The summed E-state index contributed by atoms with van der Waals surface area (Å²) >= 11 is 3.42. The van der Waals surface area contributed by atoms with E-state index in [0.29, 0.717) is 5.82 Å². The fourth-order valence-electron chi connectivity index (χ4n) is 1.56. The van der Waals surface area contributed by atoms with E-state index in [1.807, 2.05) is 31.2 Å². The zero-order chi connectivity index (χ0) is 13.0. The van der Waals surface area contributed by atoms with E-state index >= 15 is 0 Å². The molecule has 0 saturated carbocycles. The van der Waals surface area contributed by atoms with Gasteiger partial charge in [-0.05, 0) is 35.0 Å². The average Bonchev–Trinajstić information content (AvgIpc) is 2.41. The number of aromatic nitrogens is 2. The van der Waals surface area contributed by atoms with Gasteiger partial charge in [-0.3, -0.25) is 0 Å². The standard InChI is InChI=1S/C13H14BrN3O/c1-3-15-13-11(14)8-16-12(17-13)9-5-4-6-10(7-9)18-2/h4-8H,3H2,1-2H3,(H,15,16,17). The Balaban J connectivity index is 2.40. The second kappa shape index (κ2) is 5.82. The van der Waals surface area contributed by atoms with Crippen molar-refractivity contribution in [1.82, 2.24) is 9.97 Å². The van der Waals surface area contributed by atoms with Gasteiger partial charge in [-0.2, -0.15) is 0 Å². The van der Waals surface area contributed by atoms with Crippen LogP contribution in [-0.4, -0.2) is 23.6 Å². The van der Waals surface area contributed by atoms with E-state index in [-0.39, 0.29) is 0 Å². The highest BCUT2D eigenvalue weighted by Gasteiger charge is 2.07. The molecule has 2 rings (SSSR count). The van der Waals surface area contributed by atoms with Gasteiger partial charge in [0.05, 0.1) is 11.6 Å². The molecular formula is C13H14BrN3O. The number of hydrogen-bond acceptors (Lipinski definition) is 4. The van der Waals surface area contributed by atoms with Crippen molar-refractivity contribution in [2.24, 2.45) is 0 Å². The summed E-state index contributed by atoms with van der Waals surface area (Å²) < 4.78 is 6.05. The van der Waals surface area contributed by atoms with Gasteiger partial charge in [-0.1, -0.05) is 12.1 Å². The normalized spacial score (nSPS) is 10.2. The molecule has 1 heterocycles. The minimum Gasteiger partial charge on any atom is -0.497 e. The Labute approximate surface area is 115 Å². The topological polar surface area (TPSA) is 47.0 Å². The number of halogens is 1. The number of ether oxygens (including phenoxy) is 1. The van der Waals surface area contributed by atoms with Crippen LogP contribution in [0.1, 0.15) is 6.92 Å². The lowest BCUT2D eigenvalue weighted by atomic mass is 10.2. The van der Waals surface area contributed by atoms with Gasteiger partial charge in [0.25, 0.3) is 0 Å². The van der Waals surface area contributed by atoms with Crippen molar-refractivity contribution in [1.29, 1.82) is 0 Å². The van der Waals surface area contributed by atoms with Gasteiger partial charge in [0, 0.05) is 18.3 Å². The van der Waals surface area contributed by atoms with Gasteiger partial charge in [-0.15, -0.1) is 0 Å². The third-order valence-corrected chi connectivity index (χ3v) is 3.00. The average molecular weight is 308 g/mol. The van der Waals surface area contributed by atoms with Crippen LogP contribution >= 0.6 is 15.9 Å². The fraction of sp³-hybridized carbons (Fsp3) is 0.231. The van der Waals surface area contributed by atoms with Crippen LogP contribution in [0.25, 0.3) is 11.4 Å². The molecule has 1 aromatic carbocycles. The molecule has 0 amide bonds. The Kier molecular flexibility index (Phi) is 4.15. The molecule has 0 aliphatic rings. The second-order valence-corrected chi connectivity index (χ2v) is 4.51. The summed E-state index contributed by atoms with van der Waals surface area (Å²) in [5.41, 5.74) is 0.931. The van der Waals surface area contributed by atoms with E-state index in [2.05, 4.69) is 31.2 Å². The van der Waals surface area contributed by atoms with Crippen molar-refractivity contribution in [3.8, 4) is 17.1 Å². The molecule has 0 fully saturated rings. The molecule has 0 saturated heterocycles.